The molecular formula is C32H19N3. The minimum Gasteiger partial charge on any atom is -0.309 e. The van der Waals surface area contributed by atoms with Gasteiger partial charge in [0.25, 0.3) is 0 Å². The molecule has 0 aliphatic carbocycles. The van der Waals surface area contributed by atoms with Gasteiger partial charge >= 0.3 is 0 Å². The van der Waals surface area contributed by atoms with Crippen molar-refractivity contribution in [1.29, 1.82) is 5.26 Å². The number of fused-ring (bicyclic) bond motifs is 3. The molecule has 0 saturated carbocycles. The van der Waals surface area contributed by atoms with E-state index in [-0.39, 0.29) is 0 Å². The van der Waals surface area contributed by atoms with Gasteiger partial charge < -0.3 is 4.57 Å². The monoisotopic (exact) mass is 445 g/mol. The normalized spacial score (nSPS) is 10.8. The fraction of sp³-hybridized carbons (Fsp3) is 0. The van der Waals surface area contributed by atoms with E-state index < -0.39 is 0 Å². The van der Waals surface area contributed by atoms with Gasteiger partial charge in [0.2, 0.25) is 0 Å². The van der Waals surface area contributed by atoms with E-state index in [1.807, 2.05) is 30.3 Å². The standard InChI is InChI=1S/C32H19N3/c1-34-24-19-22(21-33)18-23(20-24)26-12-5-6-13-27(26)29-15-9-16-30-28-14-7-8-17-31(28)35(32(29)30)25-10-3-2-4-11-25/h2-20H. The van der Waals surface area contributed by atoms with Gasteiger partial charge in [-0.15, -0.1) is 0 Å². The summed E-state index contributed by atoms with van der Waals surface area (Å²) in [6.45, 7) is 7.50. The maximum atomic E-state index is 9.54. The second-order valence-corrected chi connectivity index (χ2v) is 8.43. The molecule has 1 heterocycles. The molecule has 0 amide bonds. The van der Waals surface area contributed by atoms with E-state index in [4.69, 9.17) is 6.57 Å². The second-order valence-electron chi connectivity index (χ2n) is 8.43. The summed E-state index contributed by atoms with van der Waals surface area (Å²) in [6.07, 6.45) is 0. The molecule has 35 heavy (non-hydrogen) atoms. The summed E-state index contributed by atoms with van der Waals surface area (Å²) in [6, 6.07) is 41.1. The van der Waals surface area contributed by atoms with Crippen molar-refractivity contribution in [3.63, 3.8) is 0 Å². The van der Waals surface area contributed by atoms with E-state index in [9.17, 15) is 5.26 Å². The zero-order chi connectivity index (χ0) is 23.8. The van der Waals surface area contributed by atoms with Gasteiger partial charge in [-0.05, 0) is 53.1 Å². The molecule has 1 aromatic heterocycles. The Morgan fingerprint density at radius 3 is 2.14 bits per heavy atom. The molecule has 0 spiro atoms. The molecule has 0 atom stereocenters. The highest BCUT2D eigenvalue weighted by molar-refractivity contribution is 6.14. The Morgan fingerprint density at radius 2 is 1.34 bits per heavy atom. The molecule has 3 heteroatoms. The van der Waals surface area contributed by atoms with Crippen molar-refractivity contribution in [2.75, 3.05) is 0 Å². The smallest absolute Gasteiger partial charge is 0.189 e. The molecule has 0 aliphatic heterocycles. The lowest BCUT2D eigenvalue weighted by Gasteiger charge is -2.15. The quantitative estimate of drug-likeness (QED) is 0.251. The molecule has 6 aromatic rings. The highest BCUT2D eigenvalue weighted by Crippen LogP contribution is 2.41. The predicted molar refractivity (Wildman–Crippen MR) is 143 cm³/mol. The van der Waals surface area contributed by atoms with Crippen molar-refractivity contribution in [2.45, 2.75) is 0 Å². The number of aromatic nitrogens is 1. The summed E-state index contributed by atoms with van der Waals surface area (Å²) in [5, 5.41) is 11.9. The average Bonchev–Trinajstić information content (AvgIpc) is 3.28. The van der Waals surface area contributed by atoms with Crippen LogP contribution in [0.2, 0.25) is 0 Å². The lowest BCUT2D eigenvalue weighted by molar-refractivity contribution is 1.18. The molecule has 0 aliphatic rings. The largest absolute Gasteiger partial charge is 0.309 e. The Kier molecular flexibility index (Phi) is 4.88. The van der Waals surface area contributed by atoms with Gasteiger partial charge in [-0.2, -0.15) is 5.26 Å². The second kappa shape index (κ2) is 8.34. The maximum absolute atomic E-state index is 9.54. The first-order valence-electron chi connectivity index (χ1n) is 11.4. The average molecular weight is 446 g/mol. The van der Waals surface area contributed by atoms with E-state index >= 15 is 0 Å². The summed E-state index contributed by atoms with van der Waals surface area (Å²) < 4.78 is 2.33. The van der Waals surface area contributed by atoms with Crippen LogP contribution >= 0.6 is 0 Å². The third-order valence-corrected chi connectivity index (χ3v) is 6.41. The Hall–Kier alpha value is -5.12. The third-order valence-electron chi connectivity index (χ3n) is 6.41. The lowest BCUT2D eigenvalue weighted by Crippen LogP contribution is -1.96. The van der Waals surface area contributed by atoms with Crippen LogP contribution in [0.1, 0.15) is 5.56 Å². The van der Waals surface area contributed by atoms with Crippen LogP contribution in [-0.4, -0.2) is 4.57 Å². The Balaban J connectivity index is 1.72. The molecule has 0 unspecified atom stereocenters. The van der Waals surface area contributed by atoms with Gasteiger partial charge in [-0.25, -0.2) is 4.85 Å². The van der Waals surface area contributed by atoms with Gasteiger partial charge in [-0.1, -0.05) is 78.9 Å². The van der Waals surface area contributed by atoms with Crippen LogP contribution in [-0.2, 0) is 0 Å². The topological polar surface area (TPSA) is 33.1 Å². The van der Waals surface area contributed by atoms with Gasteiger partial charge in [0.1, 0.15) is 0 Å². The molecule has 0 saturated heterocycles. The van der Waals surface area contributed by atoms with Crippen molar-refractivity contribution in [2.24, 2.45) is 0 Å². The first-order valence-corrected chi connectivity index (χ1v) is 11.4. The first kappa shape index (κ1) is 20.5. The van der Waals surface area contributed by atoms with E-state index in [2.05, 4.69) is 94.3 Å². The van der Waals surface area contributed by atoms with Gasteiger partial charge in [0.05, 0.1) is 23.7 Å². The van der Waals surface area contributed by atoms with Crippen LogP contribution in [0, 0.1) is 17.9 Å². The molecule has 0 bridgehead atoms. The van der Waals surface area contributed by atoms with Gasteiger partial charge in [0, 0.05) is 27.6 Å². The SMILES string of the molecule is [C-]#[N+]c1cc(C#N)cc(-c2ccccc2-c2cccc3c4ccccc4n(-c4ccccc4)c23)c1. The van der Waals surface area contributed by atoms with E-state index in [1.165, 1.54) is 10.8 Å². The van der Waals surface area contributed by atoms with Crippen LogP contribution in [0.3, 0.4) is 0 Å². The first-order chi connectivity index (χ1) is 17.3. The summed E-state index contributed by atoms with van der Waals surface area (Å²) in [5.74, 6) is 0. The fourth-order valence-corrected chi connectivity index (χ4v) is 4.95. The number of para-hydroxylation sites is 3. The van der Waals surface area contributed by atoms with E-state index in [1.54, 1.807) is 6.07 Å². The van der Waals surface area contributed by atoms with Crippen LogP contribution in [0.15, 0.2) is 115 Å². The van der Waals surface area contributed by atoms with Crippen LogP contribution in [0.5, 0.6) is 0 Å². The highest BCUT2D eigenvalue weighted by atomic mass is 15.0. The van der Waals surface area contributed by atoms with Crippen LogP contribution in [0.25, 0.3) is 54.6 Å². The number of benzene rings is 5. The lowest BCUT2D eigenvalue weighted by atomic mass is 9.92. The summed E-state index contributed by atoms with van der Waals surface area (Å²) in [5.41, 5.74) is 8.36. The number of nitrogens with zero attached hydrogens (tertiary/aromatic N) is 3. The van der Waals surface area contributed by atoms with E-state index in [0.29, 0.717) is 11.3 Å². The molecule has 0 fully saturated rings. The molecular weight excluding hydrogens is 426 g/mol. The van der Waals surface area contributed by atoms with Crippen molar-refractivity contribution in [3.05, 3.63) is 132 Å². The fourth-order valence-electron chi connectivity index (χ4n) is 4.95. The number of nitriles is 1. The van der Waals surface area contributed by atoms with Crippen molar-refractivity contribution < 1.29 is 0 Å². The molecule has 3 nitrogen and oxygen atoms in total. The summed E-state index contributed by atoms with van der Waals surface area (Å²) >= 11 is 0. The Morgan fingerprint density at radius 1 is 0.657 bits per heavy atom. The maximum Gasteiger partial charge on any atom is 0.189 e. The molecule has 6 rings (SSSR count). The van der Waals surface area contributed by atoms with Gasteiger partial charge in [0.15, 0.2) is 5.69 Å². The number of hydrogen-bond acceptors (Lipinski definition) is 1. The van der Waals surface area contributed by atoms with Gasteiger partial charge in [-0.3, -0.25) is 0 Å². The molecule has 0 N–H and O–H groups in total. The summed E-state index contributed by atoms with van der Waals surface area (Å²) in [7, 11) is 0. The van der Waals surface area contributed by atoms with Crippen LogP contribution < -0.4 is 0 Å². The minimum absolute atomic E-state index is 0.463. The molecule has 162 valence electrons. The minimum atomic E-state index is 0.463. The number of hydrogen-bond donors (Lipinski definition) is 0. The number of rotatable bonds is 3. The zero-order valence-electron chi connectivity index (χ0n) is 18.8. The Bertz CT molecular complexity index is 1780. The summed E-state index contributed by atoms with van der Waals surface area (Å²) in [4.78, 5) is 3.60. The Labute approximate surface area is 203 Å². The highest BCUT2D eigenvalue weighted by Gasteiger charge is 2.18. The third kappa shape index (κ3) is 3.35. The van der Waals surface area contributed by atoms with E-state index in [0.717, 1.165) is 39.0 Å². The molecule has 0 radical (unpaired) electrons. The van der Waals surface area contributed by atoms with Crippen molar-refractivity contribution in [1.82, 2.24) is 4.57 Å². The van der Waals surface area contributed by atoms with Crippen molar-refractivity contribution in [3.8, 4) is 34.0 Å². The predicted octanol–water partition coefficient (Wildman–Crippen LogP) is 8.54. The zero-order valence-corrected chi connectivity index (χ0v) is 18.8. The molecule has 5 aromatic carbocycles. The van der Waals surface area contributed by atoms with Crippen molar-refractivity contribution >= 4 is 27.5 Å². The van der Waals surface area contributed by atoms with Crippen LogP contribution in [0.4, 0.5) is 5.69 Å².